The fraction of sp³-hybridized carbons (Fsp3) is 1.00. The molecule has 0 amide bonds. The quantitative estimate of drug-likeness (QED) is 0.743. The van der Waals surface area contributed by atoms with Gasteiger partial charge in [-0.25, -0.2) is 0 Å². The molecule has 90 valence electrons. The highest BCUT2D eigenvalue weighted by atomic mass is 35.5. The van der Waals surface area contributed by atoms with Crippen LogP contribution in [0.2, 0.25) is 0 Å². The van der Waals surface area contributed by atoms with Crippen molar-refractivity contribution in [3.05, 3.63) is 0 Å². The molecule has 2 unspecified atom stereocenters. The number of rotatable bonds is 3. The molecule has 0 aromatic rings. The lowest BCUT2D eigenvalue weighted by atomic mass is 10.3. The van der Waals surface area contributed by atoms with Gasteiger partial charge < -0.3 is 14.2 Å². The van der Waals surface area contributed by atoms with E-state index >= 15 is 0 Å². The molecule has 0 N–H and O–H groups in total. The van der Waals surface area contributed by atoms with Crippen molar-refractivity contribution in [1.29, 1.82) is 0 Å². The van der Waals surface area contributed by atoms with E-state index in [2.05, 4.69) is 0 Å². The zero-order chi connectivity index (χ0) is 11.6. The molecule has 1 heterocycles. The Balaban J connectivity index is 2.64. The molecule has 5 atom stereocenters. The third kappa shape index (κ3) is 3.91. The maximum atomic E-state index is 5.90. The monoisotopic (exact) mass is 276 g/mol. The van der Waals surface area contributed by atoms with Gasteiger partial charge in [0.2, 0.25) is 0 Å². The van der Waals surface area contributed by atoms with E-state index in [0.717, 1.165) is 0 Å². The Morgan fingerprint density at radius 2 is 0.867 bits per heavy atom. The lowest BCUT2D eigenvalue weighted by molar-refractivity contribution is -0.380. The summed E-state index contributed by atoms with van der Waals surface area (Å²) in [6.07, 6.45) is -1.63. The smallest absolute Gasteiger partial charge is 0.179 e. The second kappa shape index (κ2) is 5.89. The summed E-state index contributed by atoms with van der Waals surface area (Å²) in [6, 6.07) is 0. The zero-order valence-electron chi connectivity index (χ0n) is 8.82. The summed E-state index contributed by atoms with van der Waals surface area (Å²) in [6.45, 7) is 5.34. The Labute approximate surface area is 105 Å². The van der Waals surface area contributed by atoms with Gasteiger partial charge in [-0.2, -0.15) is 0 Å². The molecule has 1 saturated heterocycles. The van der Waals surface area contributed by atoms with Gasteiger partial charge in [0.05, 0.1) is 16.1 Å². The SMILES string of the molecule is C[C@H](Cl)C1OC([C@@H](C)Cl)OC([C@@H](C)Cl)O1. The maximum Gasteiger partial charge on any atom is 0.179 e. The van der Waals surface area contributed by atoms with Crippen molar-refractivity contribution in [3.8, 4) is 0 Å². The normalized spacial score (nSPS) is 38.4. The first kappa shape index (κ1) is 13.8. The minimum absolute atomic E-state index is 0.287. The molecule has 0 spiro atoms. The Kier molecular flexibility index (Phi) is 5.43. The van der Waals surface area contributed by atoms with Crippen LogP contribution in [0.25, 0.3) is 0 Å². The molecule has 1 fully saturated rings. The average molecular weight is 278 g/mol. The van der Waals surface area contributed by atoms with Gasteiger partial charge in [0, 0.05) is 0 Å². The first-order chi connectivity index (χ1) is 6.91. The van der Waals surface area contributed by atoms with Gasteiger partial charge in [0.15, 0.2) is 18.9 Å². The summed E-state index contributed by atoms with van der Waals surface area (Å²) >= 11 is 17.7. The molecule has 6 heteroatoms. The summed E-state index contributed by atoms with van der Waals surface area (Å²) < 4.78 is 16.3. The van der Waals surface area contributed by atoms with Crippen LogP contribution in [0.5, 0.6) is 0 Å². The highest BCUT2D eigenvalue weighted by Crippen LogP contribution is 2.27. The topological polar surface area (TPSA) is 27.7 Å². The predicted octanol–water partition coefficient (Wildman–Crippen LogP) is 2.91. The Morgan fingerprint density at radius 1 is 0.667 bits per heavy atom. The standard InChI is InChI=1S/C9H15Cl3O3/c1-4(10)7-13-8(5(2)11)15-9(14-7)6(3)12/h4-9H,1-3H3/t4-,5-,6+,7?,8?,9?/m1/s1. The van der Waals surface area contributed by atoms with E-state index in [1.165, 1.54) is 0 Å². The van der Waals surface area contributed by atoms with E-state index in [0.29, 0.717) is 0 Å². The van der Waals surface area contributed by atoms with Crippen LogP contribution in [0.4, 0.5) is 0 Å². The molecule has 0 radical (unpaired) electrons. The first-order valence-corrected chi connectivity index (χ1v) is 6.11. The van der Waals surface area contributed by atoms with Crippen molar-refractivity contribution < 1.29 is 14.2 Å². The summed E-state index contributed by atoms with van der Waals surface area (Å²) in [7, 11) is 0. The van der Waals surface area contributed by atoms with Crippen LogP contribution >= 0.6 is 34.8 Å². The molecule has 0 bridgehead atoms. The van der Waals surface area contributed by atoms with Gasteiger partial charge in [0.25, 0.3) is 0 Å². The van der Waals surface area contributed by atoms with Crippen molar-refractivity contribution in [2.24, 2.45) is 0 Å². The summed E-state index contributed by atoms with van der Waals surface area (Å²) in [4.78, 5) is 0. The van der Waals surface area contributed by atoms with Gasteiger partial charge in [-0.3, -0.25) is 0 Å². The zero-order valence-corrected chi connectivity index (χ0v) is 11.1. The van der Waals surface area contributed by atoms with Gasteiger partial charge in [-0.1, -0.05) is 0 Å². The molecular weight excluding hydrogens is 262 g/mol. The highest BCUT2D eigenvalue weighted by molar-refractivity contribution is 6.21. The van der Waals surface area contributed by atoms with Crippen LogP contribution in [0.1, 0.15) is 20.8 Å². The van der Waals surface area contributed by atoms with Crippen molar-refractivity contribution in [2.45, 2.75) is 55.8 Å². The van der Waals surface area contributed by atoms with Crippen LogP contribution in [0, 0.1) is 0 Å². The van der Waals surface area contributed by atoms with E-state index in [9.17, 15) is 0 Å². The molecule has 1 rings (SSSR count). The largest absolute Gasteiger partial charge is 0.320 e. The lowest BCUT2D eigenvalue weighted by Gasteiger charge is -2.38. The minimum Gasteiger partial charge on any atom is -0.320 e. The molecular formula is C9H15Cl3O3. The highest BCUT2D eigenvalue weighted by Gasteiger charge is 2.37. The number of alkyl halides is 3. The van der Waals surface area contributed by atoms with Gasteiger partial charge in [0.1, 0.15) is 0 Å². The molecule has 1 aliphatic heterocycles. The second-order valence-electron chi connectivity index (χ2n) is 3.55. The molecule has 0 aliphatic carbocycles. The van der Waals surface area contributed by atoms with E-state index in [1.54, 1.807) is 20.8 Å². The van der Waals surface area contributed by atoms with Gasteiger partial charge >= 0.3 is 0 Å². The van der Waals surface area contributed by atoms with E-state index in [1.807, 2.05) is 0 Å². The Hall–Kier alpha value is 0.750. The molecule has 0 aromatic carbocycles. The summed E-state index contributed by atoms with van der Waals surface area (Å²) in [5, 5.41) is -0.862. The van der Waals surface area contributed by atoms with Crippen molar-refractivity contribution in [3.63, 3.8) is 0 Å². The van der Waals surface area contributed by atoms with Crippen LogP contribution in [-0.2, 0) is 14.2 Å². The van der Waals surface area contributed by atoms with Crippen LogP contribution in [0.3, 0.4) is 0 Å². The van der Waals surface area contributed by atoms with Gasteiger partial charge in [-0.05, 0) is 20.8 Å². The van der Waals surface area contributed by atoms with Crippen LogP contribution in [0.15, 0.2) is 0 Å². The lowest BCUT2D eigenvalue weighted by Crippen LogP contribution is -2.49. The van der Waals surface area contributed by atoms with Crippen molar-refractivity contribution in [2.75, 3.05) is 0 Å². The Bertz CT molecular complexity index is 160. The Morgan fingerprint density at radius 3 is 1.00 bits per heavy atom. The van der Waals surface area contributed by atoms with E-state index < -0.39 is 18.9 Å². The predicted molar refractivity (Wildman–Crippen MR) is 60.6 cm³/mol. The van der Waals surface area contributed by atoms with Crippen molar-refractivity contribution >= 4 is 34.8 Å². The second-order valence-corrected chi connectivity index (χ2v) is 5.61. The van der Waals surface area contributed by atoms with Crippen LogP contribution < -0.4 is 0 Å². The summed E-state index contributed by atoms with van der Waals surface area (Å²) in [5.74, 6) is 0. The minimum atomic E-state index is -0.544. The van der Waals surface area contributed by atoms with Crippen LogP contribution in [-0.4, -0.2) is 35.0 Å². The molecule has 15 heavy (non-hydrogen) atoms. The molecule has 3 nitrogen and oxygen atoms in total. The third-order valence-electron chi connectivity index (χ3n) is 1.93. The molecule has 0 saturated carbocycles. The van der Waals surface area contributed by atoms with Crippen molar-refractivity contribution in [1.82, 2.24) is 0 Å². The average Bonchev–Trinajstić information content (AvgIpc) is 2.16. The number of hydrogen-bond acceptors (Lipinski definition) is 3. The molecule has 0 aromatic heterocycles. The summed E-state index contributed by atoms with van der Waals surface area (Å²) in [5.41, 5.74) is 0. The number of hydrogen-bond donors (Lipinski definition) is 0. The number of halogens is 3. The maximum absolute atomic E-state index is 5.90. The van der Waals surface area contributed by atoms with Gasteiger partial charge in [-0.15, -0.1) is 34.8 Å². The van der Waals surface area contributed by atoms with E-state index in [4.69, 9.17) is 49.0 Å². The first-order valence-electron chi connectivity index (χ1n) is 4.80. The fourth-order valence-electron chi connectivity index (χ4n) is 1.14. The van der Waals surface area contributed by atoms with E-state index in [-0.39, 0.29) is 16.1 Å². The number of ether oxygens (including phenoxy) is 3. The molecule has 1 aliphatic rings. The third-order valence-corrected chi connectivity index (χ3v) is 2.55. The fourth-order valence-corrected chi connectivity index (χ4v) is 1.50.